The highest BCUT2D eigenvalue weighted by Gasteiger charge is 2.29. The van der Waals surface area contributed by atoms with Crippen molar-refractivity contribution >= 4 is 24.8 Å². The van der Waals surface area contributed by atoms with E-state index in [1.807, 2.05) is 6.20 Å². The zero-order valence-electron chi connectivity index (χ0n) is 7.68. The molecule has 2 heterocycles. The zero-order valence-corrected chi connectivity index (χ0v) is 9.31. The van der Waals surface area contributed by atoms with Gasteiger partial charge in [-0.2, -0.15) is 0 Å². The maximum absolute atomic E-state index is 5.61. The van der Waals surface area contributed by atoms with Crippen molar-refractivity contribution in [1.29, 1.82) is 0 Å². The fourth-order valence-corrected chi connectivity index (χ4v) is 1.61. The second kappa shape index (κ2) is 6.24. The monoisotopic (exact) mass is 239 g/mol. The Morgan fingerprint density at radius 2 is 2.36 bits per heavy atom. The van der Waals surface area contributed by atoms with Gasteiger partial charge in [-0.25, -0.2) is 4.98 Å². The number of ether oxygens (including phenoxy) is 1. The molecule has 14 heavy (non-hydrogen) atoms. The summed E-state index contributed by atoms with van der Waals surface area (Å²) < 4.78 is 5.53. The van der Waals surface area contributed by atoms with Gasteiger partial charge in [0.15, 0.2) is 0 Å². The third-order valence-corrected chi connectivity index (χ3v) is 2.31. The number of nitrogens with two attached hydrogens (primary N) is 1. The number of hydrogen-bond donors (Lipinski definition) is 2. The smallest absolute Gasteiger partial charge is 0.135 e. The number of halogens is 2. The van der Waals surface area contributed by atoms with Crippen molar-refractivity contribution in [2.45, 2.75) is 12.5 Å². The molecule has 3 N–H and O–H groups in total. The summed E-state index contributed by atoms with van der Waals surface area (Å²) in [7, 11) is 0. The fourth-order valence-electron chi connectivity index (χ4n) is 1.61. The summed E-state index contributed by atoms with van der Waals surface area (Å²) in [5, 5.41) is 0. The molecule has 0 aliphatic carbocycles. The average molecular weight is 240 g/mol. The quantitative estimate of drug-likeness (QED) is 0.818. The second-order valence-corrected chi connectivity index (χ2v) is 3.05. The van der Waals surface area contributed by atoms with Gasteiger partial charge in [-0.3, -0.25) is 0 Å². The molecule has 2 unspecified atom stereocenters. The normalized spacial score (nSPS) is 25.2. The highest BCUT2D eigenvalue weighted by molar-refractivity contribution is 5.85. The topological polar surface area (TPSA) is 63.9 Å². The van der Waals surface area contributed by atoms with Crippen molar-refractivity contribution in [2.75, 3.05) is 13.2 Å². The van der Waals surface area contributed by atoms with Crippen molar-refractivity contribution in [3.05, 3.63) is 18.2 Å². The molecule has 1 aromatic heterocycles. The van der Waals surface area contributed by atoms with E-state index in [2.05, 4.69) is 9.97 Å². The molecule has 0 bridgehead atoms. The summed E-state index contributed by atoms with van der Waals surface area (Å²) in [4.78, 5) is 7.21. The van der Waals surface area contributed by atoms with E-state index in [9.17, 15) is 0 Å². The van der Waals surface area contributed by atoms with Gasteiger partial charge in [0.25, 0.3) is 0 Å². The Labute approximate surface area is 95.4 Å². The zero-order chi connectivity index (χ0) is 8.39. The lowest BCUT2D eigenvalue weighted by Gasteiger charge is -2.13. The molecule has 82 valence electrons. The maximum Gasteiger partial charge on any atom is 0.135 e. The number of nitrogens with one attached hydrogen (secondary N) is 1. The van der Waals surface area contributed by atoms with Gasteiger partial charge in [0, 0.05) is 24.9 Å². The van der Waals surface area contributed by atoms with Crippen LogP contribution in [0.2, 0.25) is 0 Å². The van der Waals surface area contributed by atoms with Crippen LogP contribution in [0.1, 0.15) is 18.3 Å². The van der Waals surface area contributed by atoms with Crippen molar-refractivity contribution in [2.24, 2.45) is 11.7 Å². The van der Waals surface area contributed by atoms with Crippen LogP contribution in [0.4, 0.5) is 0 Å². The van der Waals surface area contributed by atoms with Gasteiger partial charge < -0.3 is 15.5 Å². The van der Waals surface area contributed by atoms with Crippen LogP contribution in [0.25, 0.3) is 0 Å². The summed E-state index contributed by atoms with van der Waals surface area (Å²) in [6.45, 7) is 1.47. The molecule has 0 saturated carbocycles. The number of rotatable bonds is 2. The first kappa shape index (κ1) is 13.7. The Balaban J connectivity index is 0.000000845. The second-order valence-electron chi connectivity index (χ2n) is 3.05. The Kier molecular flexibility index (Phi) is 6.11. The van der Waals surface area contributed by atoms with Gasteiger partial charge in [-0.1, -0.05) is 0 Å². The number of H-pyrrole nitrogens is 1. The van der Waals surface area contributed by atoms with Crippen molar-refractivity contribution in [3.8, 4) is 0 Å². The number of nitrogens with zero attached hydrogens (tertiary/aromatic N) is 1. The van der Waals surface area contributed by atoms with Gasteiger partial charge in [-0.15, -0.1) is 24.8 Å². The van der Waals surface area contributed by atoms with Crippen LogP contribution >= 0.6 is 24.8 Å². The Bertz CT molecular complexity index is 243. The van der Waals surface area contributed by atoms with Gasteiger partial charge >= 0.3 is 0 Å². The van der Waals surface area contributed by atoms with Crippen LogP contribution in [0.5, 0.6) is 0 Å². The van der Waals surface area contributed by atoms with E-state index >= 15 is 0 Å². The summed E-state index contributed by atoms with van der Waals surface area (Å²) >= 11 is 0. The number of hydrogen-bond acceptors (Lipinski definition) is 3. The summed E-state index contributed by atoms with van der Waals surface area (Å²) in [6.07, 6.45) is 4.68. The molecule has 0 amide bonds. The SMILES string of the molecule is Cl.Cl.NCC1CCOC1c1ncc[nH]1. The highest BCUT2D eigenvalue weighted by atomic mass is 35.5. The molecule has 6 heteroatoms. The first-order valence-corrected chi connectivity index (χ1v) is 4.22. The van der Waals surface area contributed by atoms with E-state index in [0.29, 0.717) is 12.5 Å². The van der Waals surface area contributed by atoms with Gasteiger partial charge in [-0.05, 0) is 13.0 Å². The lowest BCUT2D eigenvalue weighted by molar-refractivity contribution is 0.0860. The third kappa shape index (κ3) is 2.60. The predicted octanol–water partition coefficient (Wildman–Crippen LogP) is 1.29. The molecular weight excluding hydrogens is 225 g/mol. The van der Waals surface area contributed by atoms with Gasteiger partial charge in [0.05, 0.1) is 0 Å². The van der Waals surface area contributed by atoms with E-state index in [1.165, 1.54) is 0 Å². The largest absolute Gasteiger partial charge is 0.370 e. The fraction of sp³-hybridized carbons (Fsp3) is 0.625. The number of imidazole rings is 1. The van der Waals surface area contributed by atoms with Gasteiger partial charge in [0.2, 0.25) is 0 Å². The molecule has 4 nitrogen and oxygen atoms in total. The Morgan fingerprint density at radius 1 is 1.57 bits per heavy atom. The van der Waals surface area contributed by atoms with E-state index in [0.717, 1.165) is 18.9 Å². The molecular formula is C8H15Cl2N3O. The van der Waals surface area contributed by atoms with Crippen LogP contribution in [0.15, 0.2) is 12.4 Å². The van der Waals surface area contributed by atoms with Gasteiger partial charge in [0.1, 0.15) is 11.9 Å². The number of aromatic nitrogens is 2. The molecule has 2 atom stereocenters. The van der Waals surface area contributed by atoms with Crippen molar-refractivity contribution in [3.63, 3.8) is 0 Å². The maximum atomic E-state index is 5.61. The average Bonchev–Trinajstić information content (AvgIpc) is 2.74. The Hall–Kier alpha value is -0.290. The van der Waals surface area contributed by atoms with Crippen LogP contribution in [0.3, 0.4) is 0 Å². The first-order chi connectivity index (χ1) is 5.92. The van der Waals surface area contributed by atoms with E-state index < -0.39 is 0 Å². The molecule has 1 aromatic rings. The molecule has 1 aliphatic heterocycles. The van der Waals surface area contributed by atoms with Crippen LogP contribution < -0.4 is 5.73 Å². The molecule has 1 saturated heterocycles. The van der Waals surface area contributed by atoms with Crippen LogP contribution in [-0.4, -0.2) is 23.1 Å². The Morgan fingerprint density at radius 3 is 2.93 bits per heavy atom. The number of aromatic amines is 1. The third-order valence-electron chi connectivity index (χ3n) is 2.31. The lowest BCUT2D eigenvalue weighted by Crippen LogP contribution is -2.18. The van der Waals surface area contributed by atoms with Crippen molar-refractivity contribution in [1.82, 2.24) is 9.97 Å². The van der Waals surface area contributed by atoms with E-state index in [1.54, 1.807) is 6.20 Å². The summed E-state index contributed by atoms with van der Waals surface area (Å²) in [5.74, 6) is 1.33. The predicted molar refractivity (Wildman–Crippen MR) is 58.9 cm³/mol. The minimum atomic E-state index is 0. The molecule has 0 aromatic carbocycles. The molecule has 1 aliphatic rings. The van der Waals surface area contributed by atoms with Crippen LogP contribution in [0, 0.1) is 5.92 Å². The standard InChI is InChI=1S/C8H13N3O.2ClH/c9-5-6-1-4-12-7(6)8-10-2-3-11-8;;/h2-3,6-7H,1,4-5,9H2,(H,10,11);2*1H. The summed E-state index contributed by atoms with van der Waals surface area (Å²) in [5.41, 5.74) is 5.61. The molecule has 2 rings (SSSR count). The molecule has 0 radical (unpaired) electrons. The first-order valence-electron chi connectivity index (χ1n) is 4.22. The van der Waals surface area contributed by atoms with Crippen molar-refractivity contribution < 1.29 is 4.74 Å². The highest BCUT2D eigenvalue weighted by Crippen LogP contribution is 2.31. The summed E-state index contributed by atoms with van der Waals surface area (Å²) in [6, 6.07) is 0. The van der Waals surface area contributed by atoms with E-state index in [4.69, 9.17) is 10.5 Å². The minimum absolute atomic E-state index is 0. The molecule has 0 spiro atoms. The molecule has 1 fully saturated rings. The van der Waals surface area contributed by atoms with Crippen LogP contribution in [-0.2, 0) is 4.74 Å². The lowest BCUT2D eigenvalue weighted by atomic mass is 10.0. The van der Waals surface area contributed by atoms with E-state index in [-0.39, 0.29) is 30.9 Å². The minimum Gasteiger partial charge on any atom is -0.370 e.